The highest BCUT2D eigenvalue weighted by molar-refractivity contribution is 7.89. The van der Waals surface area contributed by atoms with Crippen LogP contribution in [-0.2, 0) is 10.0 Å². The van der Waals surface area contributed by atoms with E-state index < -0.39 is 10.0 Å². The molecule has 1 fully saturated rings. The first-order valence-electron chi connectivity index (χ1n) is 7.46. The van der Waals surface area contributed by atoms with Crippen molar-refractivity contribution in [3.05, 3.63) is 46.4 Å². The van der Waals surface area contributed by atoms with Gasteiger partial charge < -0.3 is 4.90 Å². The Kier molecular flexibility index (Phi) is 4.13. The largest absolute Gasteiger partial charge is 0.304 e. The lowest BCUT2D eigenvalue weighted by Gasteiger charge is -2.31. The van der Waals surface area contributed by atoms with Crippen molar-refractivity contribution in [1.29, 1.82) is 0 Å². The van der Waals surface area contributed by atoms with Crippen LogP contribution in [0, 0.1) is 6.92 Å². The molecule has 7 nitrogen and oxygen atoms in total. The van der Waals surface area contributed by atoms with Crippen LogP contribution < -0.4 is 5.56 Å². The molecule has 8 heteroatoms. The monoisotopic (exact) mass is 336 g/mol. The Balaban J connectivity index is 1.87. The Labute approximate surface area is 135 Å². The van der Waals surface area contributed by atoms with E-state index in [2.05, 4.69) is 10.00 Å². The van der Waals surface area contributed by atoms with Crippen LogP contribution in [0.2, 0.25) is 0 Å². The number of rotatable bonds is 3. The third-order valence-corrected chi connectivity index (χ3v) is 5.96. The summed E-state index contributed by atoms with van der Waals surface area (Å²) >= 11 is 0. The second kappa shape index (κ2) is 5.95. The standard InChI is InChI=1S/C15H20N4O3S/c1-12-11-15(20)19(16-12)13-3-5-14(6-4-13)23(21,22)18-9-7-17(2)8-10-18/h3-6,11,16H,7-10H2,1-2H3. The molecule has 0 radical (unpaired) electrons. The van der Waals surface area contributed by atoms with E-state index in [4.69, 9.17) is 0 Å². The summed E-state index contributed by atoms with van der Waals surface area (Å²) in [5, 5.41) is 2.93. The van der Waals surface area contributed by atoms with Crippen molar-refractivity contribution in [3.8, 4) is 5.69 Å². The molecule has 23 heavy (non-hydrogen) atoms. The first-order valence-corrected chi connectivity index (χ1v) is 8.90. The quantitative estimate of drug-likeness (QED) is 0.881. The summed E-state index contributed by atoms with van der Waals surface area (Å²) in [5.41, 5.74) is 1.20. The minimum Gasteiger partial charge on any atom is -0.304 e. The topological polar surface area (TPSA) is 78.4 Å². The van der Waals surface area contributed by atoms with Crippen LogP contribution in [0.1, 0.15) is 5.69 Å². The number of aryl methyl sites for hydroxylation is 1. The maximum atomic E-state index is 12.6. The van der Waals surface area contributed by atoms with E-state index in [0.29, 0.717) is 18.8 Å². The maximum absolute atomic E-state index is 12.6. The summed E-state index contributed by atoms with van der Waals surface area (Å²) in [5.74, 6) is 0. The second-order valence-electron chi connectivity index (χ2n) is 5.81. The zero-order chi connectivity index (χ0) is 16.6. The van der Waals surface area contributed by atoms with E-state index in [9.17, 15) is 13.2 Å². The Hall–Kier alpha value is -1.90. The van der Waals surface area contributed by atoms with E-state index in [1.807, 2.05) is 7.05 Å². The molecule has 0 aliphatic carbocycles. The van der Waals surface area contributed by atoms with E-state index >= 15 is 0 Å². The molecule has 0 bridgehead atoms. The normalized spacial score (nSPS) is 17.5. The molecule has 3 rings (SSSR count). The van der Waals surface area contributed by atoms with Crippen molar-refractivity contribution >= 4 is 10.0 Å². The summed E-state index contributed by atoms with van der Waals surface area (Å²) in [4.78, 5) is 14.2. The molecule has 0 spiro atoms. The number of likely N-dealkylation sites (N-methyl/N-ethyl adjacent to an activating group) is 1. The SMILES string of the molecule is Cc1cc(=O)n(-c2ccc(S(=O)(=O)N3CCN(C)CC3)cc2)[nH]1. The van der Waals surface area contributed by atoms with Crippen LogP contribution in [0.15, 0.2) is 40.0 Å². The average Bonchev–Trinajstić information content (AvgIpc) is 2.86. The van der Waals surface area contributed by atoms with Crippen LogP contribution in [-0.4, -0.2) is 60.6 Å². The Morgan fingerprint density at radius 2 is 1.65 bits per heavy atom. The molecular weight excluding hydrogens is 316 g/mol. The number of hydrogen-bond acceptors (Lipinski definition) is 4. The lowest BCUT2D eigenvalue weighted by Crippen LogP contribution is -2.46. The molecule has 1 aromatic carbocycles. The highest BCUT2D eigenvalue weighted by Gasteiger charge is 2.27. The molecule has 1 aliphatic heterocycles. The molecule has 1 aromatic heterocycles. The van der Waals surface area contributed by atoms with E-state index in [-0.39, 0.29) is 10.5 Å². The highest BCUT2D eigenvalue weighted by atomic mass is 32.2. The van der Waals surface area contributed by atoms with Gasteiger partial charge >= 0.3 is 0 Å². The third-order valence-electron chi connectivity index (χ3n) is 4.04. The molecule has 1 saturated heterocycles. The van der Waals surface area contributed by atoms with Crippen molar-refractivity contribution in [1.82, 2.24) is 19.0 Å². The predicted octanol–water partition coefficient (Wildman–Crippen LogP) is 0.410. The average molecular weight is 336 g/mol. The molecule has 2 heterocycles. The summed E-state index contributed by atoms with van der Waals surface area (Å²) in [6.07, 6.45) is 0. The number of benzene rings is 1. The molecule has 0 atom stereocenters. The van der Waals surface area contributed by atoms with Gasteiger partial charge in [0.2, 0.25) is 10.0 Å². The minimum absolute atomic E-state index is 0.169. The zero-order valence-corrected chi connectivity index (χ0v) is 14.0. The van der Waals surface area contributed by atoms with Gasteiger partial charge in [0.15, 0.2) is 0 Å². The lowest BCUT2D eigenvalue weighted by atomic mass is 10.3. The highest BCUT2D eigenvalue weighted by Crippen LogP contribution is 2.18. The first-order chi connectivity index (χ1) is 10.9. The number of piperazine rings is 1. The van der Waals surface area contributed by atoms with Gasteiger partial charge in [-0.2, -0.15) is 4.31 Å². The Bertz CT molecular complexity index is 844. The summed E-state index contributed by atoms with van der Waals surface area (Å²) in [6, 6.07) is 7.87. The predicted molar refractivity (Wildman–Crippen MR) is 87.4 cm³/mol. The zero-order valence-electron chi connectivity index (χ0n) is 13.2. The number of aromatic nitrogens is 2. The molecule has 0 saturated carbocycles. The molecule has 1 N–H and O–H groups in total. The van der Waals surface area contributed by atoms with Gasteiger partial charge in [0.1, 0.15) is 0 Å². The van der Waals surface area contributed by atoms with Gasteiger partial charge in [0.25, 0.3) is 5.56 Å². The molecule has 2 aromatic rings. The summed E-state index contributed by atoms with van der Waals surface area (Å²) < 4.78 is 28.2. The van der Waals surface area contributed by atoms with Gasteiger partial charge in [-0.25, -0.2) is 13.1 Å². The van der Waals surface area contributed by atoms with Crippen molar-refractivity contribution in [2.45, 2.75) is 11.8 Å². The fourth-order valence-electron chi connectivity index (χ4n) is 2.65. The van der Waals surface area contributed by atoms with Crippen LogP contribution >= 0.6 is 0 Å². The number of nitrogens with one attached hydrogen (secondary N) is 1. The minimum atomic E-state index is -3.48. The fraction of sp³-hybridized carbons (Fsp3) is 0.400. The molecular formula is C15H20N4O3S. The van der Waals surface area contributed by atoms with E-state index in [1.165, 1.54) is 15.1 Å². The smallest absolute Gasteiger partial charge is 0.271 e. The first kappa shape index (κ1) is 16.0. The number of aromatic amines is 1. The lowest BCUT2D eigenvalue weighted by molar-refractivity contribution is 0.222. The van der Waals surface area contributed by atoms with Gasteiger partial charge in [0, 0.05) is 37.9 Å². The number of H-pyrrole nitrogens is 1. The summed E-state index contributed by atoms with van der Waals surface area (Å²) in [6.45, 7) is 4.25. The third kappa shape index (κ3) is 3.10. The molecule has 1 aliphatic rings. The van der Waals surface area contributed by atoms with Crippen LogP contribution in [0.25, 0.3) is 5.69 Å². The Morgan fingerprint density at radius 3 is 2.17 bits per heavy atom. The van der Waals surface area contributed by atoms with Gasteiger partial charge in [-0.15, -0.1) is 0 Å². The van der Waals surface area contributed by atoms with Crippen molar-refractivity contribution in [2.24, 2.45) is 0 Å². The molecule has 0 amide bonds. The van der Waals surface area contributed by atoms with Gasteiger partial charge in [-0.1, -0.05) is 0 Å². The maximum Gasteiger partial charge on any atom is 0.271 e. The number of hydrogen-bond donors (Lipinski definition) is 1. The van der Waals surface area contributed by atoms with Crippen molar-refractivity contribution in [3.63, 3.8) is 0 Å². The van der Waals surface area contributed by atoms with Crippen LogP contribution in [0.5, 0.6) is 0 Å². The van der Waals surface area contributed by atoms with Crippen LogP contribution in [0.3, 0.4) is 0 Å². The molecule has 0 unspecified atom stereocenters. The van der Waals surface area contributed by atoms with Gasteiger partial charge in [0.05, 0.1) is 10.6 Å². The van der Waals surface area contributed by atoms with Crippen molar-refractivity contribution in [2.75, 3.05) is 33.2 Å². The second-order valence-corrected chi connectivity index (χ2v) is 7.75. The van der Waals surface area contributed by atoms with E-state index in [0.717, 1.165) is 18.8 Å². The van der Waals surface area contributed by atoms with Crippen molar-refractivity contribution < 1.29 is 8.42 Å². The van der Waals surface area contributed by atoms with E-state index in [1.54, 1.807) is 31.2 Å². The van der Waals surface area contributed by atoms with Gasteiger partial charge in [-0.3, -0.25) is 9.89 Å². The molecule has 124 valence electrons. The summed E-state index contributed by atoms with van der Waals surface area (Å²) in [7, 11) is -1.50. The fourth-order valence-corrected chi connectivity index (χ4v) is 4.07. The number of sulfonamides is 1. The van der Waals surface area contributed by atoms with Gasteiger partial charge in [-0.05, 0) is 38.2 Å². The number of nitrogens with zero attached hydrogens (tertiary/aromatic N) is 3. The van der Waals surface area contributed by atoms with Crippen LogP contribution in [0.4, 0.5) is 0 Å². The Morgan fingerprint density at radius 1 is 1.04 bits per heavy atom.